The molecule has 0 aromatic carbocycles. The maximum Gasteiger partial charge on any atom is 0.469 e. The molecular weight excluding hydrogens is 723 g/mol. The molecule has 0 rings (SSSR count). The second-order valence-corrected chi connectivity index (χ2v) is 17.3. The van der Waals surface area contributed by atoms with Gasteiger partial charge < -0.3 is 19.3 Å². The van der Waals surface area contributed by atoms with E-state index in [-0.39, 0.29) is 19.4 Å². The zero-order chi connectivity index (χ0) is 41.1. The fourth-order valence-corrected chi connectivity index (χ4v) is 7.26. The third-order valence-electron chi connectivity index (χ3n) is 10.4. The molecule has 330 valence electrons. The molecule has 9 heteroatoms. The summed E-state index contributed by atoms with van der Waals surface area (Å²) in [6.45, 7) is 3.68. The zero-order valence-corrected chi connectivity index (χ0v) is 37.4. The Balaban J connectivity index is 3.84. The first-order valence-corrected chi connectivity index (χ1v) is 25.2. The highest BCUT2D eigenvalue weighted by Gasteiger charge is 2.22. The van der Waals surface area contributed by atoms with Crippen molar-refractivity contribution in [2.75, 3.05) is 13.2 Å². The van der Waals surface area contributed by atoms with Crippen molar-refractivity contribution >= 4 is 19.8 Å². The molecule has 1 atom stereocenters. The number of carbonyl (C=O) groups is 2. The number of allylic oxidation sites excluding steroid dienone is 4. The van der Waals surface area contributed by atoms with Crippen molar-refractivity contribution in [1.82, 2.24) is 0 Å². The predicted octanol–water partition coefficient (Wildman–Crippen LogP) is 14.7. The minimum Gasteiger partial charge on any atom is -0.462 e. The van der Waals surface area contributed by atoms with E-state index in [2.05, 4.69) is 42.7 Å². The van der Waals surface area contributed by atoms with Crippen molar-refractivity contribution in [3.63, 3.8) is 0 Å². The molecule has 0 heterocycles. The van der Waals surface area contributed by atoms with Crippen LogP contribution < -0.4 is 0 Å². The summed E-state index contributed by atoms with van der Waals surface area (Å²) in [5.41, 5.74) is 0. The Kier molecular flexibility index (Phi) is 42.0. The van der Waals surface area contributed by atoms with Crippen LogP contribution in [0.15, 0.2) is 24.3 Å². The molecule has 2 N–H and O–H groups in total. The Hall–Kier alpha value is -1.47. The molecule has 0 amide bonds. The van der Waals surface area contributed by atoms with Gasteiger partial charge in [0.05, 0.1) is 6.61 Å². The number of unbranched alkanes of at least 4 members (excludes halogenated alkanes) is 30. The third-order valence-corrected chi connectivity index (χ3v) is 10.9. The molecule has 0 fully saturated rings. The van der Waals surface area contributed by atoms with Gasteiger partial charge in [-0.2, -0.15) is 0 Å². The van der Waals surface area contributed by atoms with E-state index in [1.54, 1.807) is 0 Å². The van der Waals surface area contributed by atoms with Crippen molar-refractivity contribution in [1.29, 1.82) is 0 Å². The van der Waals surface area contributed by atoms with Crippen molar-refractivity contribution in [3.05, 3.63) is 24.3 Å². The van der Waals surface area contributed by atoms with Gasteiger partial charge >= 0.3 is 19.8 Å². The molecule has 0 aliphatic carbocycles. The molecule has 0 aromatic heterocycles. The quantitative estimate of drug-likeness (QED) is 0.0270. The number of phosphoric ester groups is 1. The maximum absolute atomic E-state index is 12.4. The van der Waals surface area contributed by atoms with E-state index in [4.69, 9.17) is 19.3 Å². The molecule has 0 saturated heterocycles. The number of rotatable bonds is 44. The highest BCUT2D eigenvalue weighted by Crippen LogP contribution is 2.36. The molecule has 0 aliphatic heterocycles. The number of hydrogen-bond acceptors (Lipinski definition) is 6. The Labute approximate surface area is 345 Å². The first-order chi connectivity index (χ1) is 27.3. The first-order valence-electron chi connectivity index (χ1n) is 23.6. The highest BCUT2D eigenvalue weighted by atomic mass is 31.2. The number of carbonyl (C=O) groups excluding carboxylic acids is 2. The first kappa shape index (κ1) is 54.5. The van der Waals surface area contributed by atoms with E-state index < -0.39 is 32.5 Å². The minimum absolute atomic E-state index is 0.166. The van der Waals surface area contributed by atoms with Crippen molar-refractivity contribution < 1.29 is 37.9 Å². The molecule has 0 unspecified atom stereocenters. The number of esters is 2. The van der Waals surface area contributed by atoms with Crippen molar-refractivity contribution in [2.24, 2.45) is 0 Å². The second-order valence-electron chi connectivity index (χ2n) is 16.1. The van der Waals surface area contributed by atoms with E-state index in [0.717, 1.165) is 44.9 Å². The maximum atomic E-state index is 12.4. The fourth-order valence-electron chi connectivity index (χ4n) is 6.90. The molecule has 0 radical (unpaired) electrons. The highest BCUT2D eigenvalue weighted by molar-refractivity contribution is 7.46. The molecule has 56 heavy (non-hydrogen) atoms. The lowest BCUT2D eigenvalue weighted by molar-refractivity contribution is -0.161. The second kappa shape index (κ2) is 43.1. The normalized spacial score (nSPS) is 12.6. The molecular formula is C47H89O8P. The summed E-state index contributed by atoms with van der Waals surface area (Å²) >= 11 is 0. The van der Waals surface area contributed by atoms with Crippen molar-refractivity contribution in [2.45, 2.75) is 251 Å². The number of ether oxygens (including phenoxy) is 2. The monoisotopic (exact) mass is 813 g/mol. The van der Waals surface area contributed by atoms with Crippen LogP contribution in [-0.4, -0.2) is 41.0 Å². The Morgan fingerprint density at radius 2 is 0.768 bits per heavy atom. The third kappa shape index (κ3) is 45.2. The van der Waals surface area contributed by atoms with E-state index in [0.29, 0.717) is 6.42 Å². The Morgan fingerprint density at radius 1 is 0.446 bits per heavy atom. The summed E-state index contributed by atoms with van der Waals surface area (Å²) in [5, 5.41) is 0. The predicted molar refractivity (Wildman–Crippen MR) is 235 cm³/mol. The van der Waals surface area contributed by atoms with Gasteiger partial charge in [-0.25, -0.2) is 4.57 Å². The van der Waals surface area contributed by atoms with Gasteiger partial charge in [0.25, 0.3) is 0 Å². The largest absolute Gasteiger partial charge is 0.469 e. The van der Waals surface area contributed by atoms with Crippen LogP contribution in [0.3, 0.4) is 0 Å². The average molecular weight is 813 g/mol. The average Bonchev–Trinajstić information content (AvgIpc) is 3.17. The minimum atomic E-state index is -4.76. The molecule has 0 spiro atoms. The number of phosphoric acid groups is 1. The van der Waals surface area contributed by atoms with Gasteiger partial charge in [-0.15, -0.1) is 0 Å². The summed E-state index contributed by atoms with van der Waals surface area (Å²) in [6, 6.07) is 0. The van der Waals surface area contributed by atoms with Gasteiger partial charge in [-0.1, -0.05) is 199 Å². The van der Waals surface area contributed by atoms with Crippen LogP contribution in [0.25, 0.3) is 0 Å². The topological polar surface area (TPSA) is 119 Å². The van der Waals surface area contributed by atoms with Gasteiger partial charge in [-0.05, 0) is 57.8 Å². The fraction of sp³-hybridized carbons (Fsp3) is 0.872. The van der Waals surface area contributed by atoms with E-state index in [1.165, 1.54) is 167 Å². The Morgan fingerprint density at radius 3 is 1.16 bits per heavy atom. The SMILES string of the molecule is CCCCCC/C=C/CCCCCCCCCC(=O)OC[C@H](COP(=O)(O)O)OC(=O)CCC/C=C/CCCCCCCCCCCCCCCCCCCC. The van der Waals surface area contributed by atoms with E-state index in [9.17, 15) is 14.2 Å². The summed E-state index contributed by atoms with van der Waals surface area (Å²) in [5.74, 6) is -0.917. The van der Waals surface area contributed by atoms with Crippen molar-refractivity contribution in [3.8, 4) is 0 Å². The lowest BCUT2D eigenvalue weighted by Crippen LogP contribution is -2.29. The van der Waals surface area contributed by atoms with Crippen LogP contribution in [0.5, 0.6) is 0 Å². The summed E-state index contributed by atoms with van der Waals surface area (Å²) in [6.07, 6.45) is 50.6. The zero-order valence-electron chi connectivity index (χ0n) is 36.5. The molecule has 0 bridgehead atoms. The summed E-state index contributed by atoms with van der Waals surface area (Å²) in [7, 11) is -4.76. The van der Waals surface area contributed by atoms with Crippen LogP contribution >= 0.6 is 7.82 Å². The van der Waals surface area contributed by atoms with E-state index >= 15 is 0 Å². The van der Waals surface area contributed by atoms with Gasteiger partial charge in [0.15, 0.2) is 6.10 Å². The van der Waals surface area contributed by atoms with Gasteiger partial charge in [0, 0.05) is 12.8 Å². The van der Waals surface area contributed by atoms with Crippen LogP contribution in [0, 0.1) is 0 Å². The van der Waals surface area contributed by atoms with E-state index in [1.807, 2.05) is 0 Å². The molecule has 8 nitrogen and oxygen atoms in total. The summed E-state index contributed by atoms with van der Waals surface area (Å²) in [4.78, 5) is 42.9. The van der Waals surface area contributed by atoms with Crippen LogP contribution in [-0.2, 0) is 28.2 Å². The lowest BCUT2D eigenvalue weighted by Gasteiger charge is -2.18. The Bertz CT molecular complexity index is 962. The molecule has 0 aromatic rings. The van der Waals surface area contributed by atoms with Crippen LogP contribution in [0.1, 0.15) is 245 Å². The van der Waals surface area contributed by atoms with Gasteiger partial charge in [0.2, 0.25) is 0 Å². The van der Waals surface area contributed by atoms with Crippen LogP contribution in [0.4, 0.5) is 0 Å². The number of hydrogen-bond donors (Lipinski definition) is 2. The lowest BCUT2D eigenvalue weighted by atomic mass is 10.0. The molecule has 0 aliphatic rings. The van der Waals surface area contributed by atoms with Gasteiger partial charge in [-0.3, -0.25) is 14.1 Å². The molecule has 0 saturated carbocycles. The summed E-state index contributed by atoms with van der Waals surface area (Å²) < 4.78 is 26.4. The standard InChI is InChI=1S/C47H89O8P/c1-3-5-7-9-11-13-15-17-19-20-21-22-23-24-25-26-28-30-32-34-36-38-40-42-47(49)55-45(44-54-56(50,51)52)43-53-46(48)41-39-37-35-33-31-29-27-18-16-14-12-10-8-6-4-2/h14,16,34,36,45H,3-13,15,17-33,35,37-44H2,1-2H3,(H2,50,51,52)/b16-14+,36-34+/t45-/m1/s1. The van der Waals surface area contributed by atoms with Gasteiger partial charge in [0.1, 0.15) is 6.61 Å². The van der Waals surface area contributed by atoms with Crippen LogP contribution in [0.2, 0.25) is 0 Å². The smallest absolute Gasteiger partial charge is 0.462 e.